The lowest BCUT2D eigenvalue weighted by molar-refractivity contribution is 0.0519. The van der Waals surface area contributed by atoms with E-state index < -0.39 is 17.8 Å². The van der Waals surface area contributed by atoms with E-state index in [9.17, 15) is 9.59 Å². The highest BCUT2D eigenvalue weighted by Crippen LogP contribution is 2.10. The summed E-state index contributed by atoms with van der Waals surface area (Å²) in [6.45, 7) is 7.36. The Hall–Kier alpha value is -2.25. The van der Waals surface area contributed by atoms with E-state index in [1.165, 1.54) is 6.07 Å². The maximum absolute atomic E-state index is 11.4. The van der Waals surface area contributed by atoms with Gasteiger partial charge in [0, 0.05) is 6.07 Å². The van der Waals surface area contributed by atoms with Crippen LogP contribution in [0.25, 0.3) is 0 Å². The molecule has 0 unspecified atom stereocenters. The van der Waals surface area contributed by atoms with Crippen LogP contribution in [0.3, 0.4) is 0 Å². The minimum absolute atomic E-state index is 0.104. The topological polar surface area (TPSA) is 103 Å². The summed E-state index contributed by atoms with van der Waals surface area (Å²) >= 11 is 0. The molecular formula is C12H19N3O5. The van der Waals surface area contributed by atoms with Crippen LogP contribution in [0.1, 0.15) is 33.5 Å². The number of anilines is 1. The third kappa shape index (κ3) is 6.07. The molecule has 0 bridgehead atoms. The molecule has 8 nitrogen and oxygen atoms in total. The van der Waals surface area contributed by atoms with E-state index in [4.69, 9.17) is 9.26 Å². The fourth-order valence-electron chi connectivity index (χ4n) is 1.20. The van der Waals surface area contributed by atoms with Crippen LogP contribution in [0, 0.1) is 0 Å². The largest absolute Gasteiger partial charge is 0.450 e. The van der Waals surface area contributed by atoms with Gasteiger partial charge in [0.2, 0.25) is 0 Å². The van der Waals surface area contributed by atoms with Crippen LogP contribution in [0.15, 0.2) is 10.6 Å². The van der Waals surface area contributed by atoms with Gasteiger partial charge in [-0.15, -0.1) is 0 Å². The van der Waals surface area contributed by atoms with Gasteiger partial charge in [-0.3, -0.25) is 5.32 Å². The number of ether oxygens (including phenoxy) is 2. The maximum Gasteiger partial charge on any atom is 0.412 e. The second-order valence-electron chi connectivity index (χ2n) is 4.88. The monoisotopic (exact) mass is 285 g/mol. The lowest BCUT2D eigenvalue weighted by Crippen LogP contribution is -2.32. The van der Waals surface area contributed by atoms with Crippen molar-refractivity contribution in [1.82, 2.24) is 10.5 Å². The number of amides is 2. The Morgan fingerprint density at radius 1 is 1.35 bits per heavy atom. The van der Waals surface area contributed by atoms with Crippen LogP contribution in [0.2, 0.25) is 0 Å². The van der Waals surface area contributed by atoms with Crippen LogP contribution in [-0.2, 0) is 16.0 Å². The first-order chi connectivity index (χ1) is 9.30. The van der Waals surface area contributed by atoms with E-state index in [0.29, 0.717) is 5.76 Å². The highest BCUT2D eigenvalue weighted by Gasteiger charge is 2.16. The van der Waals surface area contributed by atoms with Crippen LogP contribution in [-0.4, -0.2) is 29.6 Å². The van der Waals surface area contributed by atoms with Gasteiger partial charge in [0.15, 0.2) is 11.6 Å². The minimum atomic E-state index is -0.618. The Bertz CT molecular complexity index is 464. The van der Waals surface area contributed by atoms with Crippen molar-refractivity contribution in [1.29, 1.82) is 0 Å². The van der Waals surface area contributed by atoms with Crippen molar-refractivity contribution in [3.8, 4) is 0 Å². The van der Waals surface area contributed by atoms with Gasteiger partial charge in [0.25, 0.3) is 0 Å². The van der Waals surface area contributed by atoms with Crippen LogP contribution >= 0.6 is 0 Å². The molecule has 0 radical (unpaired) electrons. The Morgan fingerprint density at radius 3 is 2.65 bits per heavy atom. The molecule has 0 aliphatic heterocycles. The number of nitrogens with one attached hydrogen (secondary N) is 2. The van der Waals surface area contributed by atoms with E-state index in [1.54, 1.807) is 27.7 Å². The van der Waals surface area contributed by atoms with Gasteiger partial charge in [-0.05, 0) is 27.7 Å². The summed E-state index contributed by atoms with van der Waals surface area (Å²) in [5.74, 6) is 0.590. The molecule has 1 rings (SSSR count). The van der Waals surface area contributed by atoms with Gasteiger partial charge in [-0.2, -0.15) is 0 Å². The molecule has 0 aromatic carbocycles. The Labute approximate surface area is 116 Å². The lowest BCUT2D eigenvalue weighted by atomic mass is 10.2. The molecule has 1 aromatic heterocycles. The zero-order valence-electron chi connectivity index (χ0n) is 12.0. The maximum atomic E-state index is 11.4. The van der Waals surface area contributed by atoms with Crippen LogP contribution in [0.5, 0.6) is 0 Å². The summed E-state index contributed by atoms with van der Waals surface area (Å²) in [5.41, 5.74) is -0.567. The van der Waals surface area contributed by atoms with Crippen molar-refractivity contribution >= 4 is 18.0 Å². The molecule has 0 aliphatic carbocycles. The molecule has 0 spiro atoms. The van der Waals surface area contributed by atoms with Crippen molar-refractivity contribution in [2.45, 2.75) is 39.8 Å². The third-order valence-corrected chi connectivity index (χ3v) is 1.87. The molecule has 112 valence electrons. The van der Waals surface area contributed by atoms with E-state index in [0.717, 1.165) is 0 Å². The third-order valence-electron chi connectivity index (χ3n) is 1.87. The average Bonchev–Trinajstić information content (AvgIpc) is 2.72. The molecule has 0 saturated heterocycles. The number of nitrogens with zero attached hydrogens (tertiary/aromatic N) is 1. The number of hydrogen-bond acceptors (Lipinski definition) is 6. The van der Waals surface area contributed by atoms with E-state index in [2.05, 4.69) is 20.5 Å². The first kappa shape index (κ1) is 15.8. The fourth-order valence-corrected chi connectivity index (χ4v) is 1.20. The molecule has 1 heterocycles. The van der Waals surface area contributed by atoms with Crippen molar-refractivity contribution in [3.05, 3.63) is 11.8 Å². The Morgan fingerprint density at radius 2 is 2.05 bits per heavy atom. The highest BCUT2D eigenvalue weighted by atomic mass is 16.6. The van der Waals surface area contributed by atoms with Gasteiger partial charge >= 0.3 is 12.2 Å². The summed E-state index contributed by atoms with van der Waals surface area (Å²) in [6.07, 6.45) is -1.18. The summed E-state index contributed by atoms with van der Waals surface area (Å²) in [5, 5.41) is 8.50. The van der Waals surface area contributed by atoms with Gasteiger partial charge in [-0.1, -0.05) is 5.16 Å². The van der Waals surface area contributed by atoms with Crippen LogP contribution in [0.4, 0.5) is 15.4 Å². The van der Waals surface area contributed by atoms with Gasteiger partial charge < -0.3 is 19.3 Å². The predicted octanol–water partition coefficient (Wildman–Crippen LogP) is 2.27. The van der Waals surface area contributed by atoms with Crippen molar-refractivity contribution in [2.75, 3.05) is 11.9 Å². The van der Waals surface area contributed by atoms with E-state index in [-0.39, 0.29) is 19.0 Å². The SMILES string of the molecule is CCOC(=O)Nc1cc(CNC(=O)OC(C)(C)C)on1. The average molecular weight is 285 g/mol. The smallest absolute Gasteiger partial charge is 0.412 e. The van der Waals surface area contributed by atoms with Crippen LogP contribution < -0.4 is 10.6 Å². The second kappa shape index (κ2) is 6.78. The molecule has 0 fully saturated rings. The first-order valence-corrected chi connectivity index (χ1v) is 6.16. The van der Waals surface area contributed by atoms with Crippen molar-refractivity contribution in [3.63, 3.8) is 0 Å². The first-order valence-electron chi connectivity index (χ1n) is 6.16. The number of carbonyl (C=O) groups is 2. The molecule has 8 heteroatoms. The highest BCUT2D eigenvalue weighted by molar-refractivity contribution is 5.83. The van der Waals surface area contributed by atoms with E-state index >= 15 is 0 Å². The lowest BCUT2D eigenvalue weighted by Gasteiger charge is -2.19. The Balaban J connectivity index is 2.41. The minimum Gasteiger partial charge on any atom is -0.450 e. The van der Waals surface area contributed by atoms with Crippen molar-refractivity contribution < 1.29 is 23.6 Å². The Kier molecular flexibility index (Phi) is 5.36. The molecule has 2 N–H and O–H groups in total. The van der Waals surface area contributed by atoms with Gasteiger partial charge in [0.1, 0.15) is 5.60 Å². The zero-order valence-corrected chi connectivity index (χ0v) is 12.0. The molecule has 2 amide bonds. The number of alkyl carbamates (subject to hydrolysis) is 1. The number of rotatable bonds is 4. The normalized spacial score (nSPS) is 10.8. The molecule has 0 atom stereocenters. The molecule has 20 heavy (non-hydrogen) atoms. The summed E-state index contributed by atoms with van der Waals surface area (Å²) < 4.78 is 14.7. The van der Waals surface area contributed by atoms with Gasteiger partial charge in [-0.25, -0.2) is 9.59 Å². The number of hydrogen-bond donors (Lipinski definition) is 2. The molecule has 1 aromatic rings. The number of aromatic nitrogens is 1. The van der Waals surface area contributed by atoms with Gasteiger partial charge in [0.05, 0.1) is 13.2 Å². The molecule has 0 aliphatic rings. The predicted molar refractivity (Wildman–Crippen MR) is 70.2 cm³/mol. The summed E-state index contributed by atoms with van der Waals surface area (Å²) in [7, 11) is 0. The number of carbonyl (C=O) groups excluding carboxylic acids is 2. The summed E-state index contributed by atoms with van der Waals surface area (Å²) in [6, 6.07) is 1.48. The molecular weight excluding hydrogens is 266 g/mol. The molecule has 0 saturated carbocycles. The standard InChI is InChI=1S/C12H19N3O5/c1-5-18-11(17)14-9-6-8(20-15-9)7-13-10(16)19-12(2,3)4/h6H,5,7H2,1-4H3,(H,13,16)(H,14,15,17). The van der Waals surface area contributed by atoms with E-state index in [1.807, 2.05) is 0 Å². The second-order valence-corrected chi connectivity index (χ2v) is 4.88. The zero-order chi connectivity index (χ0) is 15.2. The summed E-state index contributed by atoms with van der Waals surface area (Å²) in [4.78, 5) is 22.6. The van der Waals surface area contributed by atoms with Crippen molar-refractivity contribution in [2.24, 2.45) is 0 Å². The fraction of sp³-hybridized carbons (Fsp3) is 0.583. The quantitative estimate of drug-likeness (QED) is 0.879.